The molecule has 3 aromatic heterocycles. The van der Waals surface area contributed by atoms with Crippen molar-refractivity contribution in [2.24, 2.45) is 0 Å². The molecule has 0 radical (unpaired) electrons. The number of aromatic nitrogens is 3. The average Bonchev–Trinajstić information content (AvgIpc) is 3.79. The molecule has 0 spiro atoms. The van der Waals surface area contributed by atoms with Gasteiger partial charge in [-0.25, -0.2) is 19.2 Å². The van der Waals surface area contributed by atoms with Gasteiger partial charge in [-0.15, -0.1) is 6.42 Å². The quantitative estimate of drug-likeness (QED) is 0.150. The predicted octanol–water partition coefficient (Wildman–Crippen LogP) is 7.80. The van der Waals surface area contributed by atoms with Crippen LogP contribution in [0.3, 0.4) is 0 Å². The van der Waals surface area contributed by atoms with E-state index in [4.69, 9.17) is 15.6 Å². The van der Waals surface area contributed by atoms with Crippen LogP contribution in [0.2, 0.25) is 0 Å². The highest BCUT2D eigenvalue weighted by molar-refractivity contribution is 9.10. The molecule has 0 saturated carbocycles. The number of fused-ring (bicyclic) bond motifs is 1. The topological polar surface area (TPSA) is 125 Å². The predicted molar refractivity (Wildman–Crippen MR) is 210 cm³/mol. The molecular formula is C42H46BrFN6O4. The number of nitrogens with zero attached hydrogens (tertiary/aromatic N) is 3. The first-order valence-corrected chi connectivity index (χ1v) is 19.0. The van der Waals surface area contributed by atoms with Gasteiger partial charge in [0.1, 0.15) is 17.0 Å². The summed E-state index contributed by atoms with van der Waals surface area (Å²) in [4.78, 5) is 38.5. The Morgan fingerprint density at radius 1 is 1.02 bits per heavy atom. The Morgan fingerprint density at radius 3 is 2.30 bits per heavy atom. The lowest BCUT2D eigenvalue weighted by Crippen LogP contribution is -2.53. The Kier molecular flexibility index (Phi) is 11.6. The molecule has 54 heavy (non-hydrogen) atoms. The van der Waals surface area contributed by atoms with Gasteiger partial charge < -0.3 is 29.7 Å². The number of ether oxygens (including phenoxy) is 1. The molecule has 282 valence electrons. The molecular weight excluding hydrogens is 751 g/mol. The van der Waals surface area contributed by atoms with Crippen LogP contribution in [0.25, 0.3) is 22.2 Å². The van der Waals surface area contributed by atoms with E-state index in [-0.39, 0.29) is 29.8 Å². The third-order valence-electron chi connectivity index (χ3n) is 10.2. The largest absolute Gasteiger partial charge is 0.445 e. The van der Waals surface area contributed by atoms with Crippen molar-refractivity contribution in [2.75, 3.05) is 32.7 Å². The summed E-state index contributed by atoms with van der Waals surface area (Å²) >= 11 is 3.43. The van der Waals surface area contributed by atoms with Crippen molar-refractivity contribution in [3.8, 4) is 23.5 Å². The van der Waals surface area contributed by atoms with E-state index in [9.17, 15) is 14.0 Å². The van der Waals surface area contributed by atoms with Crippen LogP contribution in [0.1, 0.15) is 69.2 Å². The smallest absolute Gasteiger partial charge is 0.410 e. The minimum atomic E-state index is -0.698. The van der Waals surface area contributed by atoms with E-state index in [1.54, 1.807) is 17.3 Å². The zero-order chi connectivity index (χ0) is 38.5. The lowest BCUT2D eigenvalue weighted by atomic mass is 9.72. The van der Waals surface area contributed by atoms with Crippen LogP contribution in [-0.2, 0) is 20.4 Å². The van der Waals surface area contributed by atoms with E-state index in [1.165, 1.54) is 11.8 Å². The molecule has 0 aliphatic carbocycles. The number of aromatic amines is 1. The summed E-state index contributed by atoms with van der Waals surface area (Å²) in [7, 11) is 0. The number of nitrogens with one attached hydrogen (secondary N) is 3. The van der Waals surface area contributed by atoms with Crippen molar-refractivity contribution in [3.63, 3.8) is 0 Å². The fourth-order valence-corrected chi connectivity index (χ4v) is 7.66. The van der Waals surface area contributed by atoms with E-state index in [2.05, 4.69) is 71.7 Å². The van der Waals surface area contributed by atoms with Crippen LogP contribution in [0, 0.1) is 25.1 Å². The first kappa shape index (κ1) is 38.7. The zero-order valence-electron chi connectivity index (χ0n) is 31.1. The van der Waals surface area contributed by atoms with Gasteiger partial charge in [-0.3, -0.25) is 4.79 Å². The number of rotatable bonds is 6. The second-order valence-corrected chi connectivity index (χ2v) is 15.8. The molecule has 7 rings (SSSR count). The van der Waals surface area contributed by atoms with Crippen molar-refractivity contribution in [2.45, 2.75) is 69.8 Å². The molecule has 12 heteroatoms. The number of pyridine rings is 1. The third kappa shape index (κ3) is 8.22. The van der Waals surface area contributed by atoms with Crippen LogP contribution in [0.4, 0.5) is 9.18 Å². The van der Waals surface area contributed by atoms with E-state index in [0.29, 0.717) is 37.0 Å². The number of oxazole rings is 1. The molecule has 10 nitrogen and oxygen atoms in total. The van der Waals surface area contributed by atoms with Crippen LogP contribution >= 0.6 is 15.9 Å². The highest BCUT2D eigenvalue weighted by atomic mass is 79.9. The zero-order valence-corrected chi connectivity index (χ0v) is 32.7. The molecule has 2 aliphatic heterocycles. The minimum absolute atomic E-state index is 0.0957. The molecule has 0 bridgehead atoms. The number of carbonyl (C=O) groups excluding carboxylic acids is 2. The standard InChI is InChI=1S/C22H21FN4O.C20H25BrN2O3/c1-14-12-27-21(28-14)22(7-10-24-11-8-22)16-4-2-15(3-5-16)17-6-9-25-20-19(17)18(23)13-26-20;1-5-12-22-17(24)20(15-6-8-16(21)9-7-15)10-13-23(14-11-20)18(25)26-19(2,3)4/h2-6,9,12-13,24H,7-8,10-11H2,1H3,(H,25,26);1,6-9H,10-14H2,2-4H3,(H,22,24). The summed E-state index contributed by atoms with van der Waals surface area (Å²) in [5.41, 5.74) is 2.99. The number of halogens is 2. The van der Waals surface area contributed by atoms with Crippen molar-refractivity contribution in [3.05, 3.63) is 106 Å². The maximum atomic E-state index is 14.2. The number of hydrogen-bond acceptors (Lipinski definition) is 7. The van der Waals surface area contributed by atoms with Crippen molar-refractivity contribution in [1.29, 1.82) is 0 Å². The van der Waals surface area contributed by atoms with Crippen molar-refractivity contribution >= 4 is 39.0 Å². The van der Waals surface area contributed by atoms with E-state index < -0.39 is 11.0 Å². The third-order valence-corrected chi connectivity index (χ3v) is 10.7. The minimum Gasteiger partial charge on any atom is -0.445 e. The Labute approximate surface area is 323 Å². The Morgan fingerprint density at radius 2 is 1.69 bits per heavy atom. The summed E-state index contributed by atoms with van der Waals surface area (Å²) in [5, 5.41) is 6.77. The highest BCUT2D eigenvalue weighted by Gasteiger charge is 2.44. The number of likely N-dealkylation sites (tertiary alicyclic amines) is 1. The van der Waals surface area contributed by atoms with Gasteiger partial charge in [0.05, 0.1) is 29.0 Å². The fraction of sp³-hybridized carbons (Fsp3) is 0.381. The first-order valence-electron chi connectivity index (χ1n) is 18.2. The monoisotopic (exact) mass is 796 g/mol. The van der Waals surface area contributed by atoms with Crippen molar-refractivity contribution in [1.82, 2.24) is 30.5 Å². The molecule has 5 aromatic rings. The van der Waals surface area contributed by atoms with Gasteiger partial charge in [-0.1, -0.05) is 58.2 Å². The van der Waals surface area contributed by atoms with Gasteiger partial charge in [0.2, 0.25) is 11.8 Å². The number of benzene rings is 2. The first-order chi connectivity index (χ1) is 25.8. The molecule has 0 atom stereocenters. The lowest BCUT2D eigenvalue weighted by molar-refractivity contribution is -0.128. The van der Waals surface area contributed by atoms with Gasteiger partial charge in [-0.2, -0.15) is 0 Å². The molecule has 2 aromatic carbocycles. The summed E-state index contributed by atoms with van der Waals surface area (Å²) < 4.78 is 26.6. The van der Waals surface area contributed by atoms with Gasteiger partial charge in [0, 0.05) is 30.0 Å². The second kappa shape index (κ2) is 16.2. The van der Waals surface area contributed by atoms with Gasteiger partial charge >= 0.3 is 6.09 Å². The van der Waals surface area contributed by atoms with Gasteiger partial charge in [-0.05, 0) is 107 Å². The number of aryl methyl sites for hydroxylation is 1. The van der Waals surface area contributed by atoms with Crippen LogP contribution in [-0.4, -0.2) is 70.2 Å². The Balaban J connectivity index is 0.000000185. The Bertz CT molecular complexity index is 2120. The van der Waals surface area contributed by atoms with Crippen LogP contribution < -0.4 is 10.6 Å². The summed E-state index contributed by atoms with van der Waals surface area (Å²) in [6.07, 6.45) is 12.7. The molecule has 0 unspecified atom stereocenters. The number of amides is 2. The van der Waals surface area contributed by atoms with Crippen LogP contribution in [0.5, 0.6) is 0 Å². The number of terminal acetylenes is 1. The number of piperidine rings is 2. The SMILES string of the molecule is C#CCNC(=O)C1(c2ccc(Br)cc2)CCN(C(=O)OC(C)(C)C)CC1.Cc1cnc(C2(c3ccc(-c4ccnc5[nH]cc(F)c45)cc3)CCNCC2)o1. The van der Waals surface area contributed by atoms with E-state index in [0.717, 1.165) is 58.7 Å². The van der Waals surface area contributed by atoms with E-state index >= 15 is 0 Å². The number of carbonyl (C=O) groups is 2. The van der Waals surface area contributed by atoms with E-state index in [1.807, 2.05) is 58.0 Å². The molecule has 5 heterocycles. The molecule has 2 amide bonds. The Hall–Kier alpha value is -4.99. The van der Waals surface area contributed by atoms with Gasteiger partial charge in [0.15, 0.2) is 5.82 Å². The molecule has 3 N–H and O–H groups in total. The van der Waals surface area contributed by atoms with Crippen molar-refractivity contribution < 1.29 is 23.1 Å². The van der Waals surface area contributed by atoms with Gasteiger partial charge in [0.25, 0.3) is 0 Å². The molecule has 2 saturated heterocycles. The fourth-order valence-electron chi connectivity index (χ4n) is 7.40. The lowest BCUT2D eigenvalue weighted by Gasteiger charge is -2.41. The molecule has 2 fully saturated rings. The number of H-pyrrole nitrogens is 1. The highest BCUT2D eigenvalue weighted by Crippen LogP contribution is 2.41. The maximum Gasteiger partial charge on any atom is 0.410 e. The summed E-state index contributed by atoms with van der Waals surface area (Å²) in [6.45, 7) is 10.4. The average molecular weight is 798 g/mol. The normalized spacial score (nSPS) is 16.5. The maximum absolute atomic E-state index is 14.2. The van der Waals surface area contributed by atoms with Crippen LogP contribution in [0.15, 0.2) is 82.1 Å². The second-order valence-electron chi connectivity index (χ2n) is 14.8. The number of hydrogen-bond donors (Lipinski definition) is 3. The molecule has 2 aliphatic rings. The summed E-state index contributed by atoms with van der Waals surface area (Å²) in [5.74, 6) is 3.67. The summed E-state index contributed by atoms with van der Waals surface area (Å²) in [6, 6.07) is 17.9.